The first kappa shape index (κ1) is 20.2. The second-order valence-electron chi connectivity index (χ2n) is 6.56. The van der Waals surface area contributed by atoms with Crippen LogP contribution >= 0.6 is 0 Å². The van der Waals surface area contributed by atoms with Crippen molar-refractivity contribution < 1.29 is 28.6 Å². The third-order valence-corrected chi connectivity index (χ3v) is 4.54. The second kappa shape index (κ2) is 8.64. The highest BCUT2D eigenvalue weighted by molar-refractivity contribution is 6.05. The Labute approximate surface area is 168 Å². The van der Waals surface area contributed by atoms with E-state index in [1.54, 1.807) is 37.3 Å². The monoisotopic (exact) mass is 398 g/mol. The molecule has 0 saturated heterocycles. The zero-order valence-electron chi connectivity index (χ0n) is 16.4. The largest absolute Gasteiger partial charge is 0.497 e. The van der Waals surface area contributed by atoms with Crippen LogP contribution in [0.25, 0.3) is 0 Å². The van der Waals surface area contributed by atoms with E-state index in [0.717, 1.165) is 0 Å². The third-order valence-electron chi connectivity index (χ3n) is 4.54. The van der Waals surface area contributed by atoms with Gasteiger partial charge in [0, 0.05) is 18.5 Å². The molecule has 1 aliphatic heterocycles. The molecular formula is C21H22N2O6. The van der Waals surface area contributed by atoms with Crippen LogP contribution < -0.4 is 19.7 Å². The Morgan fingerprint density at radius 3 is 2.41 bits per heavy atom. The number of fused-ring (bicyclic) bond motifs is 1. The van der Waals surface area contributed by atoms with Crippen LogP contribution in [0.3, 0.4) is 0 Å². The molecule has 1 N–H and O–H groups in total. The smallest absolute Gasteiger partial charge is 0.338 e. The average molecular weight is 398 g/mol. The van der Waals surface area contributed by atoms with E-state index in [4.69, 9.17) is 14.2 Å². The summed E-state index contributed by atoms with van der Waals surface area (Å²) in [4.78, 5) is 38.8. The summed E-state index contributed by atoms with van der Waals surface area (Å²) in [6.07, 6.45) is 0.140. The molecule has 152 valence electrons. The maximum Gasteiger partial charge on any atom is 0.338 e. The highest BCUT2D eigenvalue weighted by atomic mass is 16.5. The lowest BCUT2D eigenvalue weighted by Gasteiger charge is -2.27. The van der Waals surface area contributed by atoms with Crippen LogP contribution in [0.4, 0.5) is 11.4 Å². The van der Waals surface area contributed by atoms with Gasteiger partial charge in [0.05, 0.1) is 31.2 Å². The van der Waals surface area contributed by atoms with Gasteiger partial charge in [-0.25, -0.2) is 4.79 Å². The number of nitrogens with zero attached hydrogens (tertiary/aromatic N) is 1. The van der Waals surface area contributed by atoms with Gasteiger partial charge in [-0.15, -0.1) is 0 Å². The number of ether oxygens (including phenoxy) is 3. The highest BCUT2D eigenvalue weighted by Gasteiger charge is 2.30. The fourth-order valence-electron chi connectivity index (χ4n) is 3.17. The van der Waals surface area contributed by atoms with E-state index in [9.17, 15) is 14.4 Å². The molecular weight excluding hydrogens is 376 g/mol. The lowest BCUT2D eigenvalue weighted by molar-refractivity contribution is -0.122. The molecule has 0 fully saturated rings. The Kier molecular flexibility index (Phi) is 6.01. The van der Waals surface area contributed by atoms with Crippen molar-refractivity contribution in [1.82, 2.24) is 0 Å². The molecule has 0 saturated carbocycles. The van der Waals surface area contributed by atoms with Gasteiger partial charge in [0.15, 0.2) is 6.61 Å². The van der Waals surface area contributed by atoms with Gasteiger partial charge >= 0.3 is 5.97 Å². The Morgan fingerprint density at radius 2 is 1.76 bits per heavy atom. The quantitative estimate of drug-likeness (QED) is 0.778. The van der Waals surface area contributed by atoms with E-state index in [1.165, 1.54) is 31.3 Å². The first-order valence-corrected chi connectivity index (χ1v) is 9.04. The molecule has 0 aromatic heterocycles. The van der Waals surface area contributed by atoms with E-state index in [0.29, 0.717) is 22.9 Å². The minimum Gasteiger partial charge on any atom is -0.497 e. The predicted molar refractivity (Wildman–Crippen MR) is 106 cm³/mol. The van der Waals surface area contributed by atoms with Gasteiger partial charge in [-0.3, -0.25) is 9.59 Å². The van der Waals surface area contributed by atoms with Crippen molar-refractivity contribution >= 4 is 29.2 Å². The fraction of sp³-hybridized carbons (Fsp3) is 0.286. The van der Waals surface area contributed by atoms with Crippen molar-refractivity contribution in [3.05, 3.63) is 48.0 Å². The van der Waals surface area contributed by atoms with Gasteiger partial charge in [-0.1, -0.05) is 12.1 Å². The summed E-state index contributed by atoms with van der Waals surface area (Å²) >= 11 is 0. The number of carbonyl (C=O) groups is 3. The molecule has 0 spiro atoms. The Morgan fingerprint density at radius 1 is 1.10 bits per heavy atom. The molecule has 3 rings (SSSR count). The van der Waals surface area contributed by atoms with E-state index < -0.39 is 18.5 Å². The summed E-state index contributed by atoms with van der Waals surface area (Å²) in [6, 6.07) is 11.3. The SMILES string of the molecule is COc1cc(OC)cc(C(=O)OCC(=O)N2c3ccccc3NC(=O)C[C@H]2C)c1. The van der Waals surface area contributed by atoms with Crippen molar-refractivity contribution in [3.8, 4) is 11.5 Å². The second-order valence-corrected chi connectivity index (χ2v) is 6.56. The zero-order chi connectivity index (χ0) is 21.0. The number of benzene rings is 2. The molecule has 0 bridgehead atoms. The number of hydrogen-bond acceptors (Lipinski definition) is 6. The van der Waals surface area contributed by atoms with Crippen molar-refractivity contribution in [3.63, 3.8) is 0 Å². The summed E-state index contributed by atoms with van der Waals surface area (Å²) in [5.74, 6) is -0.421. The van der Waals surface area contributed by atoms with Crippen LogP contribution in [0.2, 0.25) is 0 Å². The number of rotatable bonds is 5. The number of esters is 1. The maximum absolute atomic E-state index is 12.9. The molecule has 1 atom stereocenters. The van der Waals surface area contributed by atoms with E-state index >= 15 is 0 Å². The molecule has 0 radical (unpaired) electrons. The van der Waals surface area contributed by atoms with E-state index in [-0.39, 0.29) is 23.9 Å². The molecule has 2 amide bonds. The predicted octanol–water partition coefficient (Wildman–Crippen LogP) is 2.62. The summed E-state index contributed by atoms with van der Waals surface area (Å²) in [6.45, 7) is 1.31. The van der Waals surface area contributed by atoms with Crippen LogP contribution in [0.15, 0.2) is 42.5 Å². The number of methoxy groups -OCH3 is 2. The molecule has 8 heteroatoms. The summed E-state index contributed by atoms with van der Waals surface area (Å²) in [7, 11) is 2.95. The summed E-state index contributed by atoms with van der Waals surface area (Å²) in [5, 5.41) is 2.79. The van der Waals surface area contributed by atoms with Crippen molar-refractivity contribution in [2.45, 2.75) is 19.4 Å². The number of carbonyl (C=O) groups excluding carboxylic acids is 3. The normalized spacial score (nSPS) is 15.6. The highest BCUT2D eigenvalue weighted by Crippen LogP contribution is 2.31. The zero-order valence-corrected chi connectivity index (χ0v) is 16.4. The topological polar surface area (TPSA) is 94.2 Å². The van der Waals surface area contributed by atoms with Gasteiger partial charge in [-0.2, -0.15) is 0 Å². The molecule has 1 aliphatic rings. The molecule has 2 aromatic rings. The van der Waals surface area contributed by atoms with Crippen LogP contribution in [0.5, 0.6) is 11.5 Å². The van der Waals surface area contributed by atoms with Crippen LogP contribution in [-0.4, -0.2) is 44.7 Å². The number of para-hydroxylation sites is 2. The van der Waals surface area contributed by atoms with Crippen LogP contribution in [0, 0.1) is 0 Å². The van der Waals surface area contributed by atoms with E-state index in [2.05, 4.69) is 5.32 Å². The molecule has 0 unspecified atom stereocenters. The summed E-state index contributed by atoms with van der Waals surface area (Å²) < 4.78 is 15.5. The van der Waals surface area contributed by atoms with Crippen LogP contribution in [-0.2, 0) is 14.3 Å². The average Bonchev–Trinajstić information content (AvgIpc) is 2.85. The van der Waals surface area contributed by atoms with Crippen molar-refractivity contribution in [2.75, 3.05) is 31.0 Å². The first-order valence-electron chi connectivity index (χ1n) is 9.04. The molecule has 2 aromatic carbocycles. The molecule has 8 nitrogen and oxygen atoms in total. The minimum atomic E-state index is -0.680. The lowest BCUT2D eigenvalue weighted by atomic mass is 10.1. The number of anilines is 2. The molecule has 0 aliphatic carbocycles. The standard InChI is InChI=1S/C21H22N2O6/c1-13-8-19(24)22-17-6-4-5-7-18(17)23(13)20(25)12-29-21(26)14-9-15(27-2)11-16(10-14)28-3/h4-7,9-11,13H,8,12H2,1-3H3,(H,22,24)/t13-/m1/s1. The third kappa shape index (κ3) is 4.48. The number of hydrogen-bond donors (Lipinski definition) is 1. The van der Waals surface area contributed by atoms with Crippen molar-refractivity contribution in [2.24, 2.45) is 0 Å². The maximum atomic E-state index is 12.9. The summed E-state index contributed by atoms with van der Waals surface area (Å²) in [5.41, 5.74) is 1.31. The molecule has 29 heavy (non-hydrogen) atoms. The van der Waals surface area contributed by atoms with Gasteiger partial charge in [0.2, 0.25) is 5.91 Å². The minimum absolute atomic E-state index is 0.140. The fourth-order valence-corrected chi connectivity index (χ4v) is 3.17. The lowest BCUT2D eigenvalue weighted by Crippen LogP contribution is -2.41. The first-order chi connectivity index (χ1) is 13.9. The van der Waals surface area contributed by atoms with Gasteiger partial charge in [0.1, 0.15) is 11.5 Å². The Bertz CT molecular complexity index is 920. The number of amides is 2. The van der Waals surface area contributed by atoms with Gasteiger partial charge in [-0.05, 0) is 31.2 Å². The Hall–Kier alpha value is -3.55. The number of nitrogens with one attached hydrogen (secondary N) is 1. The van der Waals surface area contributed by atoms with Crippen molar-refractivity contribution in [1.29, 1.82) is 0 Å². The Balaban J connectivity index is 1.77. The van der Waals surface area contributed by atoms with Gasteiger partial charge < -0.3 is 24.4 Å². The van der Waals surface area contributed by atoms with E-state index in [1.807, 2.05) is 0 Å². The van der Waals surface area contributed by atoms with Crippen LogP contribution in [0.1, 0.15) is 23.7 Å². The van der Waals surface area contributed by atoms with Gasteiger partial charge in [0.25, 0.3) is 5.91 Å². The molecule has 1 heterocycles.